The number of hydrogen-bond acceptors (Lipinski definition) is 22. The molecule has 1 heterocycles. The summed E-state index contributed by atoms with van der Waals surface area (Å²) in [6.07, 6.45) is 14.8. The molecule has 0 atom stereocenters. The maximum atomic E-state index is 11.2. The number of phenols is 7. The van der Waals surface area contributed by atoms with Gasteiger partial charge in [0.2, 0.25) is 0 Å². The summed E-state index contributed by atoms with van der Waals surface area (Å²) in [6, 6.07) is 43.8. The number of aliphatic carboxylic acids is 7. The topological polar surface area (TPSA) is 538 Å². The van der Waals surface area contributed by atoms with E-state index in [2.05, 4.69) is 5.92 Å². The van der Waals surface area contributed by atoms with Crippen LogP contribution in [0.4, 0.5) is 11.4 Å². The third kappa shape index (κ3) is 36.7. The van der Waals surface area contributed by atoms with E-state index in [4.69, 9.17) is 91.1 Å². The molecule has 0 radical (unpaired) electrons. The highest BCUT2D eigenvalue weighted by atomic mass is 16.5. The number of aliphatic hydroxyl groups excluding tert-OH is 1. The van der Waals surface area contributed by atoms with Gasteiger partial charge in [-0.3, -0.25) is 0 Å². The summed E-state index contributed by atoms with van der Waals surface area (Å²) in [4.78, 5) is 95.0. The van der Waals surface area contributed by atoms with E-state index < -0.39 is 58.9 Å². The zero-order valence-electron chi connectivity index (χ0n) is 57.4. The largest absolute Gasteiger partial charge is 0.508 e. The number of methoxy groups -OCH3 is 2. The van der Waals surface area contributed by atoms with Crippen LogP contribution in [-0.4, -0.2) is 158 Å². The van der Waals surface area contributed by atoms with Crippen molar-refractivity contribution in [3.05, 3.63) is 267 Å². The van der Waals surface area contributed by atoms with Crippen molar-refractivity contribution >= 4 is 107 Å². The molecule has 30 nitrogen and oxygen atoms in total. The minimum atomic E-state index is -1.33. The number of aliphatic hydroxyl groups is 1. The van der Waals surface area contributed by atoms with E-state index in [-0.39, 0.29) is 63.7 Å². The molecule has 0 amide bonds. The Morgan fingerprint density at radius 2 is 0.824 bits per heavy atom. The number of nitrogens with two attached hydrogens (primary N) is 1. The van der Waals surface area contributed by atoms with Gasteiger partial charge >= 0.3 is 53.4 Å². The summed E-state index contributed by atoms with van der Waals surface area (Å²) in [5.41, 5.74) is 11.0. The van der Waals surface area contributed by atoms with Crippen LogP contribution in [-0.2, 0) is 40.2 Å². The Morgan fingerprint density at radius 1 is 0.435 bits per heavy atom. The predicted octanol–water partition coefficient (Wildman–Crippen LogP) is 10.4. The number of aromatic hydroxyl groups is 7. The molecular weight excluding hydrogens is 1410 g/mol. The summed E-state index contributed by atoms with van der Waals surface area (Å²) in [6.45, 7) is -0.350. The number of anilines is 2. The van der Waals surface area contributed by atoms with Crippen molar-refractivity contribution in [2.45, 2.75) is 6.61 Å². The van der Waals surface area contributed by atoms with Crippen molar-refractivity contribution in [3.8, 4) is 63.6 Å². The summed E-state index contributed by atoms with van der Waals surface area (Å²) >= 11 is 0. The van der Waals surface area contributed by atoms with E-state index >= 15 is 0 Å². The van der Waals surface area contributed by atoms with Crippen LogP contribution < -0.4 is 25.7 Å². The number of nitrogens with zero attached hydrogens (tertiary/aromatic N) is 1. The molecule has 0 spiro atoms. The molecule has 0 saturated heterocycles. The predicted molar refractivity (Wildman–Crippen MR) is 398 cm³/mol. The van der Waals surface area contributed by atoms with Crippen LogP contribution in [0.25, 0.3) is 47.4 Å². The van der Waals surface area contributed by atoms with E-state index in [1.807, 2.05) is 49.2 Å². The highest BCUT2D eigenvalue weighted by molar-refractivity contribution is 5.92. The van der Waals surface area contributed by atoms with Crippen LogP contribution in [0.3, 0.4) is 0 Å². The van der Waals surface area contributed by atoms with Gasteiger partial charge in [-0.2, -0.15) is 0 Å². The second-order valence-electron chi connectivity index (χ2n) is 20.9. The van der Waals surface area contributed by atoms with E-state index in [0.717, 1.165) is 58.8 Å². The van der Waals surface area contributed by atoms with Gasteiger partial charge in [0.05, 0.1) is 20.8 Å². The number of benzene rings is 8. The van der Waals surface area contributed by atoms with Crippen molar-refractivity contribution in [2.75, 3.05) is 38.9 Å². The SMILES string of the molecule is CN(C)c1ccc(/C=C/C(=O)O)cc1.COc1cc(/C=C/C(=O)O)cc(CO)c1O.COc1cc(/C=C/C(=O)O)ccc1O.Nc1ccc(/C=C/C(=O)O)cc1.O=C(O)/C=C/c1ccc(O)c(O)c1.O=C(O)/C=C/c1ccc(O)cc1.O=C(O)C#Cc1ccc(O)cc1.O=C(O)c1cc2ccc(O)cc2oc1=O. The van der Waals surface area contributed by atoms with Gasteiger partial charge in [-0.05, 0) is 185 Å². The Kier molecular flexibility index (Phi) is 38.4. The van der Waals surface area contributed by atoms with Crippen molar-refractivity contribution in [2.24, 2.45) is 0 Å². The van der Waals surface area contributed by atoms with Gasteiger partial charge in [0.1, 0.15) is 28.4 Å². The molecule has 8 aromatic carbocycles. The molecule has 0 bridgehead atoms. The first-order chi connectivity index (χ1) is 51.0. The smallest absolute Gasteiger partial charge is 0.382 e. The van der Waals surface area contributed by atoms with Crippen LogP contribution >= 0.6 is 0 Å². The molecule has 18 N–H and O–H groups in total. The molecule has 0 aliphatic heterocycles. The maximum absolute atomic E-state index is 11.2. The number of phenolic OH excluding ortho intramolecular Hbond substituents is 6. The monoisotopic (exact) mass is 1480 g/mol. The van der Waals surface area contributed by atoms with Crippen LogP contribution in [0.5, 0.6) is 51.7 Å². The summed E-state index contributed by atoms with van der Waals surface area (Å²) in [5.74, 6) is -3.98. The average Bonchev–Trinajstić information content (AvgIpc) is 0.810. The molecule has 1 aromatic heterocycles. The lowest BCUT2D eigenvalue weighted by atomic mass is 10.1. The van der Waals surface area contributed by atoms with Crippen molar-refractivity contribution in [1.82, 2.24) is 0 Å². The Bertz CT molecular complexity index is 4760. The van der Waals surface area contributed by atoms with Crippen LogP contribution in [0.2, 0.25) is 0 Å². The second kappa shape index (κ2) is 46.8. The van der Waals surface area contributed by atoms with Crippen LogP contribution in [0, 0.1) is 11.8 Å². The Labute approximate surface area is 614 Å². The first kappa shape index (κ1) is 88.6. The van der Waals surface area contributed by atoms with Gasteiger partial charge in [0.25, 0.3) is 0 Å². The van der Waals surface area contributed by atoms with E-state index in [9.17, 15) is 53.4 Å². The highest BCUT2D eigenvalue weighted by Crippen LogP contribution is 2.32. The molecule has 562 valence electrons. The summed E-state index contributed by atoms with van der Waals surface area (Å²) < 4.78 is 14.5. The maximum Gasteiger partial charge on any atom is 0.382 e. The summed E-state index contributed by atoms with van der Waals surface area (Å²) in [5, 5.41) is 140. The number of aromatic carboxylic acids is 1. The van der Waals surface area contributed by atoms with E-state index in [1.165, 1.54) is 130 Å². The fraction of sp³-hybridized carbons (Fsp3) is 0.0641. The average molecular weight is 1490 g/mol. The molecule has 0 unspecified atom stereocenters. The zero-order chi connectivity index (χ0) is 81.0. The molecule has 0 aliphatic rings. The number of rotatable bonds is 17. The number of nitrogen functional groups attached to an aromatic ring is 1. The van der Waals surface area contributed by atoms with Crippen LogP contribution in [0.1, 0.15) is 54.9 Å². The van der Waals surface area contributed by atoms with E-state index in [0.29, 0.717) is 39.1 Å². The first-order valence-electron chi connectivity index (χ1n) is 30.3. The fourth-order valence-electron chi connectivity index (χ4n) is 7.50. The quantitative estimate of drug-likeness (QED) is 0.0132. The number of fused-ring (bicyclic) bond motifs is 1. The standard InChI is InChI=1S/C11H13NO2.C11H12O5.C10H6O5.C10H10O4.C9H9NO2.C9H8O4.C9H8O3.C9H6O3/c1-12(2)10-6-3-9(4-7-10)5-8-11(13)14;1-16-9-5-7(2-3-10(13)14)4-8(6-12)11(9)15;11-6-2-1-5-3-7(9(12)13)10(14)15-8(5)4-6;1-14-9-6-7(2-4-8(9)11)3-5-10(12)13;10-8-4-1-7(2-5-8)3-6-9(11)12;10-7-3-1-6(5-8(7)11)2-4-9(12)13;2*10-8-4-1-7(2-5-8)3-6-9(11)12/h3-8H,1-2H3,(H,13,14);2-5,12,15H,6H2,1H3,(H,13,14);1-4,11H,(H,12,13);2-6,11H,1H3,(H,12,13);1-6H,10H2,(H,11,12);1-5,10-11H,(H,12,13);1-6,10H,(H,11,12);1-2,4-5,10H,(H,11,12)/b8-5+;3-2+;;5-3+;6-3+;4-2+;6-3+;. The first-order valence-corrected chi connectivity index (χ1v) is 30.3. The number of carboxylic acids is 8. The number of carbonyl (C=O) groups is 8. The minimum absolute atomic E-state index is 0.0278. The fourth-order valence-corrected chi connectivity index (χ4v) is 7.50. The number of carboxylic acid groups (broad SMARTS) is 8. The molecule has 0 saturated carbocycles. The van der Waals surface area contributed by atoms with Gasteiger partial charge in [0.15, 0.2) is 34.5 Å². The second-order valence-corrected chi connectivity index (χ2v) is 20.9. The number of ether oxygens (including phenoxy) is 2. The van der Waals surface area contributed by atoms with Crippen molar-refractivity contribution < 1.29 is 134 Å². The van der Waals surface area contributed by atoms with E-state index in [1.54, 1.807) is 66.7 Å². The Morgan fingerprint density at radius 3 is 1.24 bits per heavy atom. The van der Waals surface area contributed by atoms with Crippen LogP contribution in [0.15, 0.2) is 216 Å². The normalized spacial score (nSPS) is 10.2. The van der Waals surface area contributed by atoms with Gasteiger partial charge < -0.3 is 106 Å². The summed E-state index contributed by atoms with van der Waals surface area (Å²) in [7, 11) is 6.73. The third-order valence-corrected chi connectivity index (χ3v) is 12.6. The molecule has 0 aliphatic carbocycles. The molecule has 108 heavy (non-hydrogen) atoms. The lowest BCUT2D eigenvalue weighted by molar-refractivity contribution is -0.132. The van der Waals surface area contributed by atoms with Gasteiger partial charge in [-0.1, -0.05) is 54.5 Å². The molecular formula is C78H72N2O28. The lowest BCUT2D eigenvalue weighted by Crippen LogP contribution is -2.12. The van der Waals surface area contributed by atoms with Gasteiger partial charge in [-0.15, -0.1) is 0 Å². The van der Waals surface area contributed by atoms with Gasteiger partial charge in [-0.25, -0.2) is 43.2 Å². The molecule has 30 heteroatoms. The highest BCUT2D eigenvalue weighted by Gasteiger charge is 2.13. The van der Waals surface area contributed by atoms with Gasteiger partial charge in [0, 0.05) is 90.4 Å². The van der Waals surface area contributed by atoms with Crippen molar-refractivity contribution in [1.29, 1.82) is 0 Å². The Hall–Kier alpha value is -15.5. The third-order valence-electron chi connectivity index (χ3n) is 12.6. The lowest BCUT2D eigenvalue weighted by Gasteiger charge is -2.11. The zero-order valence-corrected chi connectivity index (χ0v) is 57.4. The Balaban J connectivity index is 0.000000420. The number of hydrogen-bond donors (Lipinski definition) is 17. The molecule has 9 rings (SSSR count). The van der Waals surface area contributed by atoms with Crippen molar-refractivity contribution in [3.63, 3.8) is 0 Å². The minimum Gasteiger partial charge on any atom is -0.508 e. The molecule has 9 aromatic rings. The molecule has 0 fully saturated rings.